The zero-order valence-electron chi connectivity index (χ0n) is 9.99. The van der Waals surface area contributed by atoms with Gasteiger partial charge in [0.1, 0.15) is 6.10 Å². The zero-order chi connectivity index (χ0) is 12.2. The van der Waals surface area contributed by atoms with Crippen molar-refractivity contribution in [3.63, 3.8) is 0 Å². The van der Waals surface area contributed by atoms with E-state index >= 15 is 0 Å². The summed E-state index contributed by atoms with van der Waals surface area (Å²) in [5, 5.41) is 2.75. The summed E-state index contributed by atoms with van der Waals surface area (Å²) in [6.45, 7) is 3.20. The van der Waals surface area contributed by atoms with Crippen LogP contribution in [0.5, 0.6) is 5.19 Å². The highest BCUT2D eigenvalue weighted by atomic mass is 32.1. The van der Waals surface area contributed by atoms with E-state index < -0.39 is 0 Å². The van der Waals surface area contributed by atoms with E-state index in [1.54, 1.807) is 28.9 Å². The Labute approximate surface area is 114 Å². The van der Waals surface area contributed by atoms with Gasteiger partial charge in [0.05, 0.1) is 5.51 Å². The lowest BCUT2D eigenvalue weighted by Gasteiger charge is -2.31. The van der Waals surface area contributed by atoms with Crippen LogP contribution in [0.15, 0.2) is 23.3 Å². The van der Waals surface area contributed by atoms with Crippen molar-refractivity contribution in [2.75, 3.05) is 13.1 Å². The average molecular weight is 281 g/mol. The van der Waals surface area contributed by atoms with Crippen molar-refractivity contribution < 1.29 is 4.74 Å². The third-order valence-corrected chi connectivity index (χ3v) is 4.50. The van der Waals surface area contributed by atoms with E-state index in [0.29, 0.717) is 6.10 Å². The van der Waals surface area contributed by atoms with E-state index in [1.807, 2.05) is 17.1 Å². The third-order valence-electron chi connectivity index (χ3n) is 3.07. The Morgan fingerprint density at radius 3 is 2.89 bits per heavy atom. The van der Waals surface area contributed by atoms with E-state index in [1.165, 1.54) is 4.88 Å². The molecule has 0 radical (unpaired) electrons. The van der Waals surface area contributed by atoms with E-state index in [4.69, 9.17) is 4.74 Å². The molecule has 3 heterocycles. The van der Waals surface area contributed by atoms with Crippen molar-refractivity contribution in [2.24, 2.45) is 0 Å². The molecule has 1 saturated heterocycles. The fourth-order valence-electron chi connectivity index (χ4n) is 2.14. The maximum absolute atomic E-state index is 5.85. The molecule has 2 aromatic rings. The first-order chi connectivity index (χ1) is 8.90. The fourth-order valence-corrected chi connectivity index (χ4v) is 3.32. The maximum Gasteiger partial charge on any atom is 0.273 e. The van der Waals surface area contributed by atoms with Crippen molar-refractivity contribution in [1.82, 2.24) is 14.9 Å². The topological polar surface area (TPSA) is 38.2 Å². The Hall–Kier alpha value is -0.980. The minimum absolute atomic E-state index is 0.328. The molecule has 4 nitrogen and oxygen atoms in total. The number of ether oxygens (including phenoxy) is 1. The summed E-state index contributed by atoms with van der Waals surface area (Å²) in [6.07, 6.45) is 6.24. The molecule has 96 valence electrons. The monoisotopic (exact) mass is 281 g/mol. The van der Waals surface area contributed by atoms with Crippen LogP contribution in [0.1, 0.15) is 17.7 Å². The molecule has 6 heteroatoms. The average Bonchev–Trinajstić information content (AvgIpc) is 3.05. The summed E-state index contributed by atoms with van der Waals surface area (Å²) in [7, 11) is 0. The number of aromatic nitrogens is 2. The van der Waals surface area contributed by atoms with Gasteiger partial charge in [-0.25, -0.2) is 4.98 Å². The van der Waals surface area contributed by atoms with E-state index in [0.717, 1.165) is 37.7 Å². The first-order valence-corrected chi connectivity index (χ1v) is 7.82. The normalized spacial score (nSPS) is 18.0. The molecule has 1 aliphatic rings. The second-order valence-electron chi connectivity index (χ2n) is 4.36. The van der Waals surface area contributed by atoms with Crippen LogP contribution < -0.4 is 4.74 Å². The molecule has 0 unspecified atom stereocenters. The summed E-state index contributed by atoms with van der Waals surface area (Å²) in [5.41, 5.74) is 1.90. The number of piperidine rings is 1. The van der Waals surface area contributed by atoms with Crippen LogP contribution in [0.2, 0.25) is 0 Å². The lowest BCUT2D eigenvalue weighted by atomic mass is 10.1. The molecule has 0 atom stereocenters. The molecular formula is C12H15N3OS2. The Bertz CT molecular complexity index is 405. The Kier molecular flexibility index (Phi) is 3.87. The number of thiazole rings is 2. The predicted octanol–water partition coefficient (Wildman–Crippen LogP) is 2.64. The van der Waals surface area contributed by atoms with Crippen LogP contribution in [0.25, 0.3) is 0 Å². The number of nitrogens with zero attached hydrogens (tertiary/aromatic N) is 3. The molecule has 1 fully saturated rings. The Morgan fingerprint density at radius 2 is 2.22 bits per heavy atom. The molecule has 1 aliphatic heterocycles. The first kappa shape index (κ1) is 12.1. The van der Waals surface area contributed by atoms with Crippen molar-refractivity contribution in [3.05, 3.63) is 28.2 Å². The maximum atomic E-state index is 5.85. The van der Waals surface area contributed by atoms with Gasteiger partial charge < -0.3 is 4.74 Å². The van der Waals surface area contributed by atoms with Gasteiger partial charge in [0, 0.05) is 42.3 Å². The molecule has 0 aromatic carbocycles. The van der Waals surface area contributed by atoms with E-state index in [9.17, 15) is 0 Å². The van der Waals surface area contributed by atoms with Crippen molar-refractivity contribution in [1.29, 1.82) is 0 Å². The molecule has 0 spiro atoms. The van der Waals surface area contributed by atoms with Crippen LogP contribution >= 0.6 is 22.7 Å². The number of hydrogen-bond acceptors (Lipinski definition) is 6. The van der Waals surface area contributed by atoms with Crippen LogP contribution in [0, 0.1) is 0 Å². The standard InChI is InChI=1S/C12H15N3OS2/c1-4-15(8-11-7-13-9-18-11)5-2-10(1)16-12-14-3-6-17-12/h3,6-7,9-10H,1-2,4-5,8H2. The van der Waals surface area contributed by atoms with Crippen molar-refractivity contribution in [3.8, 4) is 5.19 Å². The molecule has 0 bridgehead atoms. The molecule has 0 N–H and O–H groups in total. The lowest BCUT2D eigenvalue weighted by molar-refractivity contribution is 0.0970. The Balaban J connectivity index is 1.46. The second kappa shape index (κ2) is 5.77. The quantitative estimate of drug-likeness (QED) is 0.863. The highest BCUT2D eigenvalue weighted by molar-refractivity contribution is 7.11. The van der Waals surface area contributed by atoms with Crippen LogP contribution in [-0.2, 0) is 6.54 Å². The van der Waals surface area contributed by atoms with Crippen LogP contribution in [0.3, 0.4) is 0 Å². The fraction of sp³-hybridized carbons (Fsp3) is 0.500. The van der Waals surface area contributed by atoms with Gasteiger partial charge in [0.2, 0.25) is 0 Å². The molecule has 2 aromatic heterocycles. The van der Waals surface area contributed by atoms with E-state index in [2.05, 4.69) is 14.9 Å². The molecule has 0 aliphatic carbocycles. The van der Waals surface area contributed by atoms with Gasteiger partial charge in [-0.3, -0.25) is 9.88 Å². The number of rotatable bonds is 4. The number of hydrogen-bond donors (Lipinski definition) is 0. The van der Waals surface area contributed by atoms with Crippen LogP contribution in [0.4, 0.5) is 0 Å². The molecule has 0 saturated carbocycles. The van der Waals surface area contributed by atoms with Gasteiger partial charge in [-0.05, 0) is 12.8 Å². The summed E-state index contributed by atoms with van der Waals surface area (Å²) in [6, 6.07) is 0. The zero-order valence-corrected chi connectivity index (χ0v) is 11.6. The van der Waals surface area contributed by atoms with Gasteiger partial charge in [-0.15, -0.1) is 11.3 Å². The Morgan fingerprint density at radius 1 is 1.33 bits per heavy atom. The first-order valence-electron chi connectivity index (χ1n) is 6.06. The summed E-state index contributed by atoms with van der Waals surface area (Å²) in [5.74, 6) is 0. The summed E-state index contributed by atoms with van der Waals surface area (Å²) in [4.78, 5) is 12.1. The smallest absolute Gasteiger partial charge is 0.273 e. The molecular weight excluding hydrogens is 266 g/mol. The van der Waals surface area contributed by atoms with Gasteiger partial charge in [0.25, 0.3) is 5.19 Å². The van der Waals surface area contributed by atoms with Gasteiger partial charge in [0.15, 0.2) is 0 Å². The van der Waals surface area contributed by atoms with Crippen LogP contribution in [-0.4, -0.2) is 34.1 Å². The summed E-state index contributed by atoms with van der Waals surface area (Å²) < 4.78 is 5.85. The predicted molar refractivity (Wildman–Crippen MR) is 73.2 cm³/mol. The lowest BCUT2D eigenvalue weighted by Crippen LogP contribution is -2.37. The molecule has 3 rings (SSSR count). The number of likely N-dealkylation sites (tertiary alicyclic amines) is 1. The van der Waals surface area contributed by atoms with Gasteiger partial charge >= 0.3 is 0 Å². The largest absolute Gasteiger partial charge is 0.467 e. The van der Waals surface area contributed by atoms with Crippen molar-refractivity contribution in [2.45, 2.75) is 25.5 Å². The second-order valence-corrected chi connectivity index (χ2v) is 6.19. The van der Waals surface area contributed by atoms with Crippen molar-refractivity contribution >= 4 is 22.7 Å². The molecule has 18 heavy (non-hydrogen) atoms. The highest BCUT2D eigenvalue weighted by Crippen LogP contribution is 2.22. The minimum atomic E-state index is 0.328. The van der Waals surface area contributed by atoms with E-state index in [-0.39, 0.29) is 0 Å². The summed E-state index contributed by atoms with van der Waals surface area (Å²) >= 11 is 3.30. The highest BCUT2D eigenvalue weighted by Gasteiger charge is 2.21. The third kappa shape index (κ3) is 3.07. The van der Waals surface area contributed by atoms with Gasteiger partial charge in [-0.1, -0.05) is 11.3 Å². The SMILES string of the molecule is c1csc(OC2CCN(Cc3cncs3)CC2)n1. The minimum Gasteiger partial charge on any atom is -0.467 e. The van der Waals surface area contributed by atoms with Gasteiger partial charge in [-0.2, -0.15) is 0 Å². The molecule has 0 amide bonds.